The fourth-order valence-corrected chi connectivity index (χ4v) is 1.58. The zero-order valence-electron chi connectivity index (χ0n) is 7.44. The average Bonchev–Trinajstić information content (AvgIpc) is 2.49. The lowest BCUT2D eigenvalue weighted by atomic mass is 9.98. The zero-order valence-corrected chi connectivity index (χ0v) is 7.44. The Labute approximate surface area is 72.6 Å². The van der Waals surface area contributed by atoms with Crippen LogP contribution < -0.4 is 0 Å². The van der Waals surface area contributed by atoms with Crippen molar-refractivity contribution in [3.05, 3.63) is 23.9 Å². The minimum atomic E-state index is 0.245. The van der Waals surface area contributed by atoms with Crippen molar-refractivity contribution < 1.29 is 4.58 Å². The monoisotopic (exact) mass is 161 g/mol. The van der Waals surface area contributed by atoms with Gasteiger partial charge in [-0.15, -0.1) is 0 Å². The average molecular weight is 161 g/mol. The number of nitrogens with zero attached hydrogens (tertiary/aromatic N) is 2. The molecule has 0 aromatic carbocycles. The van der Waals surface area contributed by atoms with E-state index in [9.17, 15) is 0 Å². The molecule has 0 fully saturated rings. The van der Waals surface area contributed by atoms with Crippen LogP contribution in [0.1, 0.15) is 13.8 Å². The van der Waals surface area contributed by atoms with Crippen molar-refractivity contribution in [2.75, 3.05) is 0 Å². The van der Waals surface area contributed by atoms with E-state index in [1.54, 1.807) is 0 Å². The lowest BCUT2D eigenvalue weighted by Gasteiger charge is -2.15. The van der Waals surface area contributed by atoms with Crippen LogP contribution in [0.4, 0.5) is 0 Å². The largest absolute Gasteiger partial charge is 0.273 e. The van der Waals surface area contributed by atoms with Gasteiger partial charge in [-0.2, -0.15) is 4.58 Å². The summed E-state index contributed by atoms with van der Waals surface area (Å²) in [5.74, 6) is 0.575. The van der Waals surface area contributed by atoms with E-state index in [0.29, 0.717) is 5.92 Å². The molecule has 0 aromatic heterocycles. The molecular weight excluding hydrogens is 148 g/mol. The van der Waals surface area contributed by atoms with Crippen molar-refractivity contribution >= 4 is 12.4 Å². The first-order valence-corrected chi connectivity index (χ1v) is 4.31. The second-order valence-corrected chi connectivity index (χ2v) is 3.43. The smallest absolute Gasteiger partial charge is 0.215 e. The molecule has 0 radical (unpaired) electrons. The van der Waals surface area contributed by atoms with E-state index in [1.807, 2.05) is 12.4 Å². The minimum Gasteiger partial charge on any atom is -0.215 e. The number of allylic oxidation sites excluding steroid dienone is 2. The SMILES string of the molecule is CC(C)C1=CC=C[N+]2=CC=NC12. The third kappa shape index (κ3) is 1.04. The molecule has 2 heteroatoms. The summed E-state index contributed by atoms with van der Waals surface area (Å²) in [5.41, 5.74) is 1.39. The maximum Gasteiger partial charge on any atom is 0.273 e. The van der Waals surface area contributed by atoms with Crippen LogP contribution in [0, 0.1) is 5.92 Å². The van der Waals surface area contributed by atoms with Crippen LogP contribution >= 0.6 is 0 Å². The minimum absolute atomic E-state index is 0.245. The highest BCUT2D eigenvalue weighted by Crippen LogP contribution is 2.22. The van der Waals surface area contributed by atoms with Crippen LogP contribution in [0.25, 0.3) is 0 Å². The third-order valence-electron chi connectivity index (χ3n) is 2.26. The third-order valence-corrected chi connectivity index (χ3v) is 2.26. The van der Waals surface area contributed by atoms with Gasteiger partial charge in [0.15, 0.2) is 12.4 Å². The fraction of sp³-hybridized carbons (Fsp3) is 0.400. The second kappa shape index (κ2) is 2.70. The van der Waals surface area contributed by atoms with E-state index in [-0.39, 0.29) is 6.17 Å². The summed E-state index contributed by atoms with van der Waals surface area (Å²) in [6.45, 7) is 4.41. The van der Waals surface area contributed by atoms with Gasteiger partial charge in [0.25, 0.3) is 6.17 Å². The first kappa shape index (κ1) is 7.47. The van der Waals surface area contributed by atoms with Crippen LogP contribution in [0.3, 0.4) is 0 Å². The quantitative estimate of drug-likeness (QED) is 0.519. The summed E-state index contributed by atoms with van der Waals surface area (Å²) in [7, 11) is 0. The zero-order chi connectivity index (χ0) is 8.55. The van der Waals surface area contributed by atoms with Crippen molar-refractivity contribution in [1.29, 1.82) is 0 Å². The second-order valence-electron chi connectivity index (χ2n) is 3.43. The Morgan fingerprint density at radius 3 is 3.08 bits per heavy atom. The normalized spacial score (nSPS) is 25.8. The van der Waals surface area contributed by atoms with Crippen molar-refractivity contribution in [2.24, 2.45) is 10.9 Å². The summed E-state index contributed by atoms with van der Waals surface area (Å²) >= 11 is 0. The predicted molar refractivity (Wildman–Crippen MR) is 50.7 cm³/mol. The van der Waals surface area contributed by atoms with Crippen LogP contribution in [0.5, 0.6) is 0 Å². The van der Waals surface area contributed by atoms with Crippen molar-refractivity contribution in [1.82, 2.24) is 0 Å². The maximum absolute atomic E-state index is 4.39. The van der Waals surface area contributed by atoms with Gasteiger partial charge in [-0.05, 0) is 12.0 Å². The first-order chi connectivity index (χ1) is 5.79. The van der Waals surface area contributed by atoms with Crippen molar-refractivity contribution in [3.63, 3.8) is 0 Å². The van der Waals surface area contributed by atoms with Gasteiger partial charge in [-0.1, -0.05) is 13.8 Å². The molecule has 2 aliphatic heterocycles. The maximum atomic E-state index is 4.39. The first-order valence-electron chi connectivity index (χ1n) is 4.31. The van der Waals surface area contributed by atoms with Gasteiger partial charge in [-0.3, -0.25) is 0 Å². The number of hydrogen-bond acceptors (Lipinski definition) is 1. The molecular formula is C10H13N2+. The molecule has 2 rings (SSSR count). The molecule has 0 spiro atoms. The van der Waals surface area contributed by atoms with Gasteiger partial charge < -0.3 is 0 Å². The summed E-state index contributed by atoms with van der Waals surface area (Å²) in [5, 5.41) is 0. The highest BCUT2D eigenvalue weighted by atomic mass is 15.2. The van der Waals surface area contributed by atoms with Gasteiger partial charge in [0.2, 0.25) is 0 Å². The van der Waals surface area contributed by atoms with E-state index in [2.05, 4.69) is 41.8 Å². The Bertz CT molecular complexity index is 306. The molecule has 0 aliphatic carbocycles. The van der Waals surface area contributed by atoms with E-state index in [1.165, 1.54) is 5.57 Å². The fourth-order valence-electron chi connectivity index (χ4n) is 1.58. The Hall–Kier alpha value is -1.18. The highest BCUT2D eigenvalue weighted by molar-refractivity contribution is 6.14. The van der Waals surface area contributed by atoms with Gasteiger partial charge in [0, 0.05) is 11.6 Å². The lowest BCUT2D eigenvalue weighted by molar-refractivity contribution is -0.480. The molecule has 2 aliphatic rings. The molecule has 12 heavy (non-hydrogen) atoms. The van der Waals surface area contributed by atoms with Gasteiger partial charge in [0.05, 0.1) is 6.21 Å². The Kier molecular flexibility index (Phi) is 1.68. The summed E-state index contributed by atoms with van der Waals surface area (Å²) < 4.78 is 2.13. The highest BCUT2D eigenvalue weighted by Gasteiger charge is 2.29. The lowest BCUT2D eigenvalue weighted by Crippen LogP contribution is -2.24. The van der Waals surface area contributed by atoms with E-state index in [4.69, 9.17) is 0 Å². The molecule has 0 saturated heterocycles. The van der Waals surface area contributed by atoms with Gasteiger partial charge >= 0.3 is 0 Å². The molecule has 2 nitrogen and oxygen atoms in total. The molecule has 62 valence electrons. The number of fused-ring (bicyclic) bond motifs is 1. The number of rotatable bonds is 1. The van der Waals surface area contributed by atoms with Gasteiger partial charge in [0.1, 0.15) is 0 Å². The van der Waals surface area contributed by atoms with E-state index < -0.39 is 0 Å². The van der Waals surface area contributed by atoms with E-state index in [0.717, 1.165) is 0 Å². The van der Waals surface area contributed by atoms with Crippen LogP contribution in [0.15, 0.2) is 28.9 Å². The molecule has 2 heterocycles. The van der Waals surface area contributed by atoms with Gasteiger partial charge in [-0.25, -0.2) is 4.99 Å². The van der Waals surface area contributed by atoms with Crippen molar-refractivity contribution in [2.45, 2.75) is 20.0 Å². The molecule has 0 bridgehead atoms. The van der Waals surface area contributed by atoms with Crippen LogP contribution in [-0.4, -0.2) is 23.2 Å². The summed E-state index contributed by atoms with van der Waals surface area (Å²) in [4.78, 5) is 4.39. The topological polar surface area (TPSA) is 15.4 Å². The Morgan fingerprint density at radius 1 is 1.50 bits per heavy atom. The molecule has 0 amide bonds. The van der Waals surface area contributed by atoms with Crippen LogP contribution in [0.2, 0.25) is 0 Å². The van der Waals surface area contributed by atoms with E-state index >= 15 is 0 Å². The molecule has 1 unspecified atom stereocenters. The number of aliphatic imine (C=N–C) groups is 1. The van der Waals surface area contributed by atoms with Crippen molar-refractivity contribution in [3.8, 4) is 0 Å². The molecule has 0 saturated carbocycles. The molecule has 1 atom stereocenters. The number of hydrogen-bond donors (Lipinski definition) is 0. The Balaban J connectivity index is 2.35. The predicted octanol–water partition coefficient (Wildman–Crippen LogP) is 1.59. The molecule has 0 N–H and O–H groups in total. The molecule has 0 aromatic rings. The summed E-state index contributed by atoms with van der Waals surface area (Å²) in [6.07, 6.45) is 10.4. The van der Waals surface area contributed by atoms with Crippen LogP contribution in [-0.2, 0) is 0 Å². The Morgan fingerprint density at radius 2 is 2.33 bits per heavy atom. The standard InChI is InChI=1S/C10H13N2/c1-8(2)9-4-3-6-12-7-5-11-10(9)12/h3-8,10H,1-2H3/q+1. The summed E-state index contributed by atoms with van der Waals surface area (Å²) in [6, 6.07) is 0.